The highest BCUT2D eigenvalue weighted by Crippen LogP contribution is 2.65. The standard InChI is InChI=1S/C26H14Cl6F5N3O3/c1-8-4-10(38-23(42)17-16(25(17,31)32)9-5-12(27)19(30)13(28)6-9)7-11(18(8)29)22(41)39-15-3-2-14(33)21(20(15)34)40-24(43)26(35,36)37/h2-7,16-17H,1H3,(H,38,42)(H,39,41)(H,40,43)/t16-,17+/m0/s1. The van der Waals surface area contributed by atoms with Crippen molar-refractivity contribution in [2.24, 2.45) is 5.92 Å². The highest BCUT2D eigenvalue weighted by molar-refractivity contribution is 6.54. The first-order valence-corrected chi connectivity index (χ1v) is 13.9. The lowest BCUT2D eigenvalue weighted by atomic mass is 10.1. The Hall–Kier alpha value is -2.54. The van der Waals surface area contributed by atoms with Gasteiger partial charge in [0.2, 0.25) is 5.91 Å². The van der Waals surface area contributed by atoms with Gasteiger partial charge in [0.25, 0.3) is 5.91 Å². The molecule has 0 bridgehead atoms. The Morgan fingerprint density at radius 3 is 2.05 bits per heavy atom. The predicted octanol–water partition coefficient (Wildman–Crippen LogP) is 9.17. The Balaban J connectivity index is 1.56. The van der Waals surface area contributed by atoms with E-state index >= 15 is 0 Å². The van der Waals surface area contributed by atoms with Gasteiger partial charge in [-0.1, -0.05) is 46.4 Å². The first-order valence-electron chi connectivity index (χ1n) is 11.6. The van der Waals surface area contributed by atoms with Gasteiger partial charge in [-0.25, -0.2) is 8.78 Å². The highest BCUT2D eigenvalue weighted by atomic mass is 35.5. The van der Waals surface area contributed by atoms with E-state index in [2.05, 4.69) is 10.6 Å². The molecule has 228 valence electrons. The van der Waals surface area contributed by atoms with Crippen molar-refractivity contribution in [3.8, 4) is 0 Å². The van der Waals surface area contributed by atoms with Crippen LogP contribution in [-0.2, 0) is 9.59 Å². The quantitative estimate of drug-likeness (QED) is 0.135. The van der Waals surface area contributed by atoms with Gasteiger partial charge in [0.1, 0.15) is 15.8 Å². The molecule has 0 radical (unpaired) electrons. The Morgan fingerprint density at radius 2 is 1.47 bits per heavy atom. The minimum absolute atomic E-state index is 0.0525. The van der Waals surface area contributed by atoms with Gasteiger partial charge >= 0.3 is 12.1 Å². The van der Waals surface area contributed by atoms with E-state index < -0.39 is 63.1 Å². The molecular formula is C26H14Cl6F5N3O3. The second kappa shape index (κ2) is 12.1. The van der Waals surface area contributed by atoms with Crippen LogP contribution in [0.1, 0.15) is 27.4 Å². The number of carbonyl (C=O) groups excluding carboxylic acids is 3. The number of benzene rings is 3. The largest absolute Gasteiger partial charge is 0.471 e. The number of aryl methyl sites for hydroxylation is 1. The van der Waals surface area contributed by atoms with Crippen molar-refractivity contribution in [3.63, 3.8) is 0 Å². The third-order valence-corrected chi connectivity index (χ3v) is 8.94. The van der Waals surface area contributed by atoms with Crippen LogP contribution in [-0.4, -0.2) is 28.2 Å². The Morgan fingerprint density at radius 1 is 0.860 bits per heavy atom. The smallest absolute Gasteiger partial charge is 0.326 e. The van der Waals surface area contributed by atoms with E-state index in [4.69, 9.17) is 69.6 Å². The summed E-state index contributed by atoms with van der Waals surface area (Å²) < 4.78 is 65.1. The summed E-state index contributed by atoms with van der Waals surface area (Å²) in [7, 11) is 0. The molecule has 0 unspecified atom stereocenters. The van der Waals surface area contributed by atoms with Gasteiger partial charge in [0.05, 0.1) is 37.3 Å². The van der Waals surface area contributed by atoms with Crippen molar-refractivity contribution in [3.05, 3.63) is 84.8 Å². The van der Waals surface area contributed by atoms with Gasteiger partial charge < -0.3 is 16.0 Å². The van der Waals surface area contributed by atoms with Crippen LogP contribution in [0.5, 0.6) is 0 Å². The van der Waals surface area contributed by atoms with Crippen LogP contribution >= 0.6 is 69.6 Å². The Labute approximate surface area is 269 Å². The maximum Gasteiger partial charge on any atom is 0.471 e. The lowest BCUT2D eigenvalue weighted by Gasteiger charge is -2.15. The predicted molar refractivity (Wildman–Crippen MR) is 156 cm³/mol. The second-order valence-corrected chi connectivity index (χ2v) is 12.3. The van der Waals surface area contributed by atoms with E-state index in [-0.39, 0.29) is 36.9 Å². The van der Waals surface area contributed by atoms with Gasteiger partial charge in [-0.15, -0.1) is 23.2 Å². The van der Waals surface area contributed by atoms with E-state index in [0.29, 0.717) is 11.6 Å². The van der Waals surface area contributed by atoms with Crippen LogP contribution in [0, 0.1) is 24.5 Å². The summed E-state index contributed by atoms with van der Waals surface area (Å²) in [5.74, 6) is -9.30. The number of anilines is 3. The molecule has 17 heteroatoms. The van der Waals surface area contributed by atoms with Crippen LogP contribution in [0.3, 0.4) is 0 Å². The molecule has 0 saturated heterocycles. The first kappa shape index (κ1) is 33.4. The van der Waals surface area contributed by atoms with Crippen LogP contribution in [0.15, 0.2) is 36.4 Å². The molecule has 43 heavy (non-hydrogen) atoms. The lowest BCUT2D eigenvalue weighted by molar-refractivity contribution is -0.167. The topological polar surface area (TPSA) is 87.3 Å². The number of alkyl halides is 5. The average molecular weight is 724 g/mol. The van der Waals surface area contributed by atoms with E-state index in [1.807, 2.05) is 0 Å². The van der Waals surface area contributed by atoms with Crippen LogP contribution in [0.2, 0.25) is 20.1 Å². The third kappa shape index (κ3) is 6.77. The zero-order valence-electron chi connectivity index (χ0n) is 21.0. The van der Waals surface area contributed by atoms with Crippen molar-refractivity contribution in [1.82, 2.24) is 0 Å². The molecule has 3 aromatic carbocycles. The summed E-state index contributed by atoms with van der Waals surface area (Å²) in [5.41, 5.74) is -1.72. The molecule has 0 heterocycles. The molecule has 4 rings (SSSR count). The fraction of sp³-hybridized carbons (Fsp3) is 0.192. The minimum atomic E-state index is -5.43. The number of hydrogen-bond acceptors (Lipinski definition) is 3. The van der Waals surface area contributed by atoms with Gasteiger partial charge in [-0.05, 0) is 54.4 Å². The Bertz CT molecular complexity index is 1660. The fourth-order valence-corrected chi connectivity index (χ4v) is 5.82. The number of hydrogen-bond donors (Lipinski definition) is 3. The Kier molecular flexibility index (Phi) is 9.38. The van der Waals surface area contributed by atoms with E-state index in [9.17, 15) is 36.3 Å². The second-order valence-electron chi connectivity index (χ2n) is 9.26. The van der Waals surface area contributed by atoms with Crippen molar-refractivity contribution in [2.75, 3.05) is 16.0 Å². The van der Waals surface area contributed by atoms with Gasteiger partial charge in [0, 0.05) is 11.6 Å². The number of nitrogens with one attached hydrogen (secondary N) is 3. The van der Waals surface area contributed by atoms with E-state index in [1.54, 1.807) is 0 Å². The maximum atomic E-state index is 14.8. The molecule has 3 aromatic rings. The molecule has 0 spiro atoms. The summed E-state index contributed by atoms with van der Waals surface area (Å²) in [6.07, 6.45) is -5.43. The SMILES string of the molecule is Cc1cc(NC(=O)[C@H]2[C@H](c3cc(Cl)c(Cl)c(Cl)c3)C2(Cl)Cl)cc(C(=O)Nc2ccc(F)c(NC(=O)C(F)(F)F)c2F)c1Cl. The number of rotatable bonds is 6. The molecule has 0 aliphatic heterocycles. The van der Waals surface area contributed by atoms with Crippen molar-refractivity contribution in [2.45, 2.75) is 23.4 Å². The van der Waals surface area contributed by atoms with Crippen molar-refractivity contribution < 1.29 is 36.3 Å². The maximum absolute atomic E-state index is 14.8. The van der Waals surface area contributed by atoms with Crippen molar-refractivity contribution in [1.29, 1.82) is 0 Å². The van der Waals surface area contributed by atoms with Gasteiger partial charge in [-0.2, -0.15) is 13.2 Å². The third-order valence-electron chi connectivity index (χ3n) is 6.30. The summed E-state index contributed by atoms with van der Waals surface area (Å²) in [6, 6.07) is 6.74. The zero-order valence-corrected chi connectivity index (χ0v) is 25.5. The first-order chi connectivity index (χ1) is 19.8. The fourth-order valence-electron chi connectivity index (χ4n) is 4.19. The molecule has 1 saturated carbocycles. The molecule has 2 atom stereocenters. The molecule has 6 nitrogen and oxygen atoms in total. The molecule has 1 aliphatic carbocycles. The summed E-state index contributed by atoms with van der Waals surface area (Å²) in [5, 5.41) is 5.95. The normalized spacial score (nSPS) is 17.3. The van der Waals surface area contributed by atoms with Crippen LogP contribution < -0.4 is 16.0 Å². The molecule has 1 fully saturated rings. The van der Waals surface area contributed by atoms with Gasteiger partial charge in [0.15, 0.2) is 5.82 Å². The van der Waals surface area contributed by atoms with E-state index in [1.165, 1.54) is 25.1 Å². The summed E-state index contributed by atoms with van der Waals surface area (Å²) in [6.45, 7) is 1.49. The molecular weight excluding hydrogens is 710 g/mol. The van der Waals surface area contributed by atoms with Crippen molar-refractivity contribution >= 4 is 104 Å². The summed E-state index contributed by atoms with van der Waals surface area (Å²) in [4.78, 5) is 37.4. The number of carbonyl (C=O) groups is 3. The highest BCUT2D eigenvalue weighted by Gasteiger charge is 2.67. The molecule has 1 aliphatic rings. The molecule has 3 amide bonds. The zero-order chi connectivity index (χ0) is 32.2. The monoisotopic (exact) mass is 721 g/mol. The number of halogens is 11. The molecule has 3 N–H and O–H groups in total. The summed E-state index contributed by atoms with van der Waals surface area (Å²) >= 11 is 37.2. The number of amides is 3. The molecule has 0 aromatic heterocycles. The average Bonchev–Trinajstić information content (AvgIpc) is 3.49. The van der Waals surface area contributed by atoms with E-state index in [0.717, 1.165) is 17.4 Å². The van der Waals surface area contributed by atoms with Crippen LogP contribution in [0.25, 0.3) is 0 Å². The van der Waals surface area contributed by atoms with Crippen LogP contribution in [0.4, 0.5) is 39.0 Å². The minimum Gasteiger partial charge on any atom is -0.326 e. The lowest BCUT2D eigenvalue weighted by Crippen LogP contribution is -2.31. The van der Waals surface area contributed by atoms with Gasteiger partial charge in [-0.3, -0.25) is 14.4 Å².